The fourth-order valence-corrected chi connectivity index (χ4v) is 3.33. The van der Waals surface area contributed by atoms with Gasteiger partial charge in [-0.05, 0) is 66.5 Å². The third-order valence-electron chi connectivity index (χ3n) is 4.76. The van der Waals surface area contributed by atoms with E-state index in [1.807, 2.05) is 0 Å². The molecule has 0 spiro atoms. The summed E-state index contributed by atoms with van der Waals surface area (Å²) in [5.41, 5.74) is 12.9. The number of nitrogens with two attached hydrogens (primary N) is 1. The quantitative estimate of drug-likeness (QED) is 0.633. The Labute approximate surface area is 151 Å². The summed E-state index contributed by atoms with van der Waals surface area (Å²) in [6.07, 6.45) is 5.32. The predicted octanol–water partition coefficient (Wildman–Crippen LogP) is 4.76. The highest BCUT2D eigenvalue weighted by Gasteiger charge is 2.06. The molecule has 128 valence electrons. The van der Waals surface area contributed by atoms with Crippen LogP contribution >= 0.6 is 0 Å². The van der Waals surface area contributed by atoms with Crippen molar-refractivity contribution in [2.75, 3.05) is 6.54 Å². The Morgan fingerprint density at radius 1 is 0.480 bits per heavy atom. The maximum Gasteiger partial charge on any atom is -0.00367 e. The molecule has 0 bridgehead atoms. The van der Waals surface area contributed by atoms with Crippen molar-refractivity contribution in [2.45, 2.75) is 32.1 Å². The Hall–Kier alpha value is -2.38. The fraction of sp³-hybridized carbons (Fsp3) is 0.250. The highest BCUT2D eigenvalue weighted by Crippen LogP contribution is 2.18. The first-order valence-electron chi connectivity index (χ1n) is 9.24. The topological polar surface area (TPSA) is 26.0 Å². The molecule has 3 aromatic carbocycles. The van der Waals surface area contributed by atoms with Gasteiger partial charge in [0.25, 0.3) is 0 Å². The number of hydrogen-bond acceptors (Lipinski definition) is 1. The lowest BCUT2D eigenvalue weighted by Crippen LogP contribution is -2.05. The van der Waals surface area contributed by atoms with Crippen LogP contribution in [0.3, 0.4) is 0 Å². The van der Waals surface area contributed by atoms with Gasteiger partial charge in [0.15, 0.2) is 0 Å². The highest BCUT2D eigenvalue weighted by molar-refractivity contribution is 5.34. The van der Waals surface area contributed by atoms with E-state index in [0.717, 1.165) is 32.1 Å². The van der Waals surface area contributed by atoms with Crippen molar-refractivity contribution >= 4 is 0 Å². The standard InChI is InChI=1S/C24H27N/c25-18-17-22-13-15-23(14-11-20-7-3-1-4-8-20)24(19-22)16-12-21-9-5-2-6-10-21/h1-10,13,15,19H,11-12,14,16-18,25H2. The number of aryl methyl sites for hydroxylation is 4. The molecule has 0 aromatic heterocycles. The van der Waals surface area contributed by atoms with Gasteiger partial charge in [0.1, 0.15) is 0 Å². The second-order valence-corrected chi connectivity index (χ2v) is 6.61. The molecule has 0 radical (unpaired) electrons. The molecule has 1 nitrogen and oxygen atoms in total. The second kappa shape index (κ2) is 9.19. The van der Waals surface area contributed by atoms with Gasteiger partial charge in [0, 0.05) is 0 Å². The lowest BCUT2D eigenvalue weighted by Gasteiger charge is -2.12. The third kappa shape index (κ3) is 5.30. The van der Waals surface area contributed by atoms with Crippen LogP contribution in [-0.2, 0) is 32.1 Å². The normalized spacial score (nSPS) is 10.8. The van der Waals surface area contributed by atoms with Crippen molar-refractivity contribution < 1.29 is 0 Å². The van der Waals surface area contributed by atoms with Crippen LogP contribution in [-0.4, -0.2) is 6.54 Å². The van der Waals surface area contributed by atoms with Crippen molar-refractivity contribution in [3.05, 3.63) is 107 Å². The summed E-state index contributed by atoms with van der Waals surface area (Å²) in [4.78, 5) is 0. The monoisotopic (exact) mass is 329 g/mol. The molecule has 3 rings (SSSR count). The van der Waals surface area contributed by atoms with Gasteiger partial charge in [-0.3, -0.25) is 0 Å². The van der Waals surface area contributed by atoms with Gasteiger partial charge in [-0.25, -0.2) is 0 Å². The number of rotatable bonds is 8. The molecule has 0 unspecified atom stereocenters. The van der Waals surface area contributed by atoms with Crippen LogP contribution in [0.1, 0.15) is 27.8 Å². The Morgan fingerprint density at radius 3 is 1.60 bits per heavy atom. The van der Waals surface area contributed by atoms with Crippen molar-refractivity contribution in [1.29, 1.82) is 0 Å². The van der Waals surface area contributed by atoms with E-state index in [1.54, 1.807) is 0 Å². The van der Waals surface area contributed by atoms with E-state index in [0.29, 0.717) is 6.54 Å². The molecule has 0 fully saturated rings. The van der Waals surface area contributed by atoms with Crippen LogP contribution in [0.15, 0.2) is 78.9 Å². The van der Waals surface area contributed by atoms with Crippen LogP contribution in [0.25, 0.3) is 0 Å². The van der Waals surface area contributed by atoms with Crippen molar-refractivity contribution in [2.24, 2.45) is 5.73 Å². The molecule has 25 heavy (non-hydrogen) atoms. The molecule has 0 aliphatic heterocycles. The molecular weight excluding hydrogens is 302 g/mol. The first-order chi connectivity index (χ1) is 12.3. The summed E-state index contributed by atoms with van der Waals surface area (Å²) in [6, 6.07) is 28.4. The SMILES string of the molecule is NCCc1ccc(CCc2ccccc2)c(CCc2ccccc2)c1. The first kappa shape index (κ1) is 17.4. The van der Waals surface area contributed by atoms with Gasteiger partial charge in [-0.1, -0.05) is 78.9 Å². The van der Waals surface area contributed by atoms with Gasteiger partial charge in [0.2, 0.25) is 0 Å². The van der Waals surface area contributed by atoms with Crippen LogP contribution in [0.5, 0.6) is 0 Å². The molecule has 0 amide bonds. The van der Waals surface area contributed by atoms with E-state index in [-0.39, 0.29) is 0 Å². The molecular formula is C24H27N. The second-order valence-electron chi connectivity index (χ2n) is 6.61. The average molecular weight is 329 g/mol. The zero-order valence-electron chi connectivity index (χ0n) is 14.8. The third-order valence-corrected chi connectivity index (χ3v) is 4.76. The Balaban J connectivity index is 1.73. The maximum absolute atomic E-state index is 5.75. The minimum absolute atomic E-state index is 0.710. The molecule has 0 atom stereocenters. The summed E-state index contributed by atoms with van der Waals surface area (Å²) in [5, 5.41) is 0. The molecule has 2 N–H and O–H groups in total. The predicted molar refractivity (Wildman–Crippen MR) is 107 cm³/mol. The highest BCUT2D eigenvalue weighted by atomic mass is 14.5. The maximum atomic E-state index is 5.75. The smallest absolute Gasteiger partial charge is 0.00367 e. The van der Waals surface area contributed by atoms with E-state index in [9.17, 15) is 0 Å². The minimum Gasteiger partial charge on any atom is -0.330 e. The Morgan fingerprint density at radius 2 is 1.04 bits per heavy atom. The molecule has 0 aliphatic rings. The van der Waals surface area contributed by atoms with E-state index in [1.165, 1.54) is 27.8 Å². The van der Waals surface area contributed by atoms with E-state index >= 15 is 0 Å². The summed E-state index contributed by atoms with van der Waals surface area (Å²) in [5.74, 6) is 0. The molecule has 0 saturated heterocycles. The summed E-state index contributed by atoms with van der Waals surface area (Å²) in [7, 11) is 0. The van der Waals surface area contributed by atoms with Crippen LogP contribution < -0.4 is 5.73 Å². The Bertz CT molecular complexity index is 763. The van der Waals surface area contributed by atoms with Crippen LogP contribution in [0, 0.1) is 0 Å². The van der Waals surface area contributed by atoms with Gasteiger partial charge >= 0.3 is 0 Å². The van der Waals surface area contributed by atoms with Crippen molar-refractivity contribution in [1.82, 2.24) is 0 Å². The number of hydrogen-bond donors (Lipinski definition) is 1. The molecule has 3 aromatic rings. The van der Waals surface area contributed by atoms with Crippen molar-refractivity contribution in [3.8, 4) is 0 Å². The van der Waals surface area contributed by atoms with Crippen LogP contribution in [0.2, 0.25) is 0 Å². The minimum atomic E-state index is 0.710. The fourth-order valence-electron chi connectivity index (χ4n) is 3.33. The molecule has 0 heterocycles. The van der Waals surface area contributed by atoms with Crippen LogP contribution in [0.4, 0.5) is 0 Å². The zero-order chi connectivity index (χ0) is 17.3. The largest absolute Gasteiger partial charge is 0.330 e. The lowest BCUT2D eigenvalue weighted by atomic mass is 9.93. The lowest BCUT2D eigenvalue weighted by molar-refractivity contribution is 0.883. The molecule has 0 aliphatic carbocycles. The molecule has 1 heteroatoms. The van der Waals surface area contributed by atoms with E-state index in [2.05, 4.69) is 78.9 Å². The zero-order valence-corrected chi connectivity index (χ0v) is 14.8. The van der Waals surface area contributed by atoms with Gasteiger partial charge in [0.05, 0.1) is 0 Å². The van der Waals surface area contributed by atoms with Crippen molar-refractivity contribution in [3.63, 3.8) is 0 Å². The summed E-state index contributed by atoms with van der Waals surface area (Å²) < 4.78 is 0. The first-order valence-corrected chi connectivity index (χ1v) is 9.24. The van der Waals surface area contributed by atoms with Gasteiger partial charge < -0.3 is 5.73 Å². The number of benzene rings is 3. The van der Waals surface area contributed by atoms with E-state index in [4.69, 9.17) is 5.73 Å². The molecule has 0 saturated carbocycles. The Kier molecular flexibility index (Phi) is 6.42. The van der Waals surface area contributed by atoms with E-state index < -0.39 is 0 Å². The average Bonchev–Trinajstić information content (AvgIpc) is 2.67. The van der Waals surface area contributed by atoms with Gasteiger partial charge in [-0.2, -0.15) is 0 Å². The summed E-state index contributed by atoms with van der Waals surface area (Å²) >= 11 is 0. The summed E-state index contributed by atoms with van der Waals surface area (Å²) in [6.45, 7) is 0.710. The van der Waals surface area contributed by atoms with Gasteiger partial charge in [-0.15, -0.1) is 0 Å².